The SMILES string of the molecule is COc1cccc(N=Nc2c(C)[nH][nH]c2=O)c1. The van der Waals surface area contributed by atoms with E-state index >= 15 is 0 Å². The van der Waals surface area contributed by atoms with E-state index in [1.54, 1.807) is 32.2 Å². The molecule has 0 radical (unpaired) electrons. The van der Waals surface area contributed by atoms with E-state index in [1.165, 1.54) is 0 Å². The van der Waals surface area contributed by atoms with Crippen molar-refractivity contribution in [2.75, 3.05) is 7.11 Å². The molecule has 0 amide bonds. The van der Waals surface area contributed by atoms with Gasteiger partial charge in [0.1, 0.15) is 5.75 Å². The molecule has 0 fully saturated rings. The quantitative estimate of drug-likeness (QED) is 0.796. The van der Waals surface area contributed by atoms with Crippen LogP contribution in [0.5, 0.6) is 5.75 Å². The van der Waals surface area contributed by atoms with Crippen LogP contribution in [0.1, 0.15) is 5.69 Å². The van der Waals surface area contributed by atoms with Gasteiger partial charge < -0.3 is 9.84 Å². The molecule has 2 rings (SSSR count). The van der Waals surface area contributed by atoms with Gasteiger partial charge in [0.05, 0.1) is 18.5 Å². The maximum Gasteiger partial charge on any atom is 0.291 e. The summed E-state index contributed by atoms with van der Waals surface area (Å²) in [6.45, 7) is 1.75. The van der Waals surface area contributed by atoms with E-state index in [9.17, 15) is 4.79 Å². The van der Waals surface area contributed by atoms with Crippen LogP contribution in [0.15, 0.2) is 39.3 Å². The molecule has 0 aliphatic heterocycles. The molecule has 0 atom stereocenters. The molecule has 0 saturated heterocycles. The molecular weight excluding hydrogens is 220 g/mol. The fraction of sp³-hybridized carbons (Fsp3) is 0.182. The van der Waals surface area contributed by atoms with Gasteiger partial charge in [0.2, 0.25) is 0 Å². The average Bonchev–Trinajstić information content (AvgIpc) is 2.67. The average molecular weight is 232 g/mol. The van der Waals surface area contributed by atoms with Crippen molar-refractivity contribution in [2.45, 2.75) is 6.92 Å². The van der Waals surface area contributed by atoms with Crippen LogP contribution >= 0.6 is 0 Å². The molecule has 0 bridgehead atoms. The molecule has 1 aromatic carbocycles. The standard InChI is InChI=1S/C11H12N4O2/c1-7-10(11(16)15-12-7)14-13-8-4-3-5-9(6-8)17-2/h3-6H,1-2H3,(H2,12,15,16). The van der Waals surface area contributed by atoms with E-state index < -0.39 is 0 Å². The van der Waals surface area contributed by atoms with Gasteiger partial charge in [-0.15, -0.1) is 5.11 Å². The van der Waals surface area contributed by atoms with Gasteiger partial charge in [0, 0.05) is 6.07 Å². The summed E-state index contributed by atoms with van der Waals surface area (Å²) in [5, 5.41) is 13.0. The van der Waals surface area contributed by atoms with Gasteiger partial charge in [-0.3, -0.25) is 9.89 Å². The third-order valence-corrected chi connectivity index (χ3v) is 2.25. The van der Waals surface area contributed by atoms with Gasteiger partial charge in [0.25, 0.3) is 5.56 Å². The summed E-state index contributed by atoms with van der Waals surface area (Å²) in [5.41, 5.74) is 1.29. The number of azo groups is 1. The largest absolute Gasteiger partial charge is 0.497 e. The van der Waals surface area contributed by atoms with Crippen LogP contribution in [0.2, 0.25) is 0 Å². The first-order chi connectivity index (χ1) is 8.20. The van der Waals surface area contributed by atoms with E-state index in [0.29, 0.717) is 17.1 Å². The molecule has 2 N–H and O–H groups in total. The summed E-state index contributed by atoms with van der Waals surface area (Å²) in [6.07, 6.45) is 0. The van der Waals surface area contributed by atoms with Crippen LogP contribution in [0.3, 0.4) is 0 Å². The summed E-state index contributed by atoms with van der Waals surface area (Å²) in [4.78, 5) is 11.3. The second-order valence-corrected chi connectivity index (χ2v) is 3.45. The van der Waals surface area contributed by atoms with Gasteiger partial charge in [-0.05, 0) is 19.1 Å². The van der Waals surface area contributed by atoms with Crippen LogP contribution in [-0.4, -0.2) is 17.3 Å². The lowest BCUT2D eigenvalue weighted by molar-refractivity contribution is 0.415. The molecule has 0 aliphatic rings. The molecule has 17 heavy (non-hydrogen) atoms. The molecule has 0 aliphatic carbocycles. The first kappa shape index (κ1) is 11.1. The third-order valence-electron chi connectivity index (χ3n) is 2.25. The number of hydrogen-bond donors (Lipinski definition) is 2. The van der Waals surface area contributed by atoms with Crippen LogP contribution in [0.25, 0.3) is 0 Å². The number of aryl methyl sites for hydroxylation is 1. The van der Waals surface area contributed by atoms with E-state index in [1.807, 2.05) is 6.07 Å². The Morgan fingerprint density at radius 2 is 2.06 bits per heavy atom. The normalized spacial score (nSPS) is 10.9. The zero-order valence-electron chi connectivity index (χ0n) is 9.52. The van der Waals surface area contributed by atoms with Gasteiger partial charge in [-0.2, -0.15) is 5.11 Å². The second kappa shape index (κ2) is 4.65. The fourth-order valence-corrected chi connectivity index (χ4v) is 1.34. The minimum atomic E-state index is -0.283. The Labute approximate surface area is 97.3 Å². The van der Waals surface area contributed by atoms with Crippen molar-refractivity contribution < 1.29 is 4.74 Å². The second-order valence-electron chi connectivity index (χ2n) is 3.45. The molecule has 2 aromatic rings. The Morgan fingerprint density at radius 1 is 1.24 bits per heavy atom. The number of hydrogen-bond acceptors (Lipinski definition) is 4. The number of nitrogens with one attached hydrogen (secondary N) is 2. The van der Waals surface area contributed by atoms with Crippen molar-refractivity contribution in [3.63, 3.8) is 0 Å². The van der Waals surface area contributed by atoms with Crippen LogP contribution in [-0.2, 0) is 0 Å². The van der Waals surface area contributed by atoms with Crippen LogP contribution < -0.4 is 10.3 Å². The Bertz CT molecular complexity index is 598. The van der Waals surface area contributed by atoms with Crippen molar-refractivity contribution in [3.8, 4) is 5.75 Å². The van der Waals surface area contributed by atoms with Crippen LogP contribution in [0.4, 0.5) is 11.4 Å². The highest BCUT2D eigenvalue weighted by molar-refractivity contribution is 5.44. The Hall–Kier alpha value is -2.37. The summed E-state index contributed by atoms with van der Waals surface area (Å²) in [5.74, 6) is 0.696. The zero-order valence-corrected chi connectivity index (χ0v) is 9.52. The maximum atomic E-state index is 11.3. The number of nitrogens with zero attached hydrogens (tertiary/aromatic N) is 2. The molecule has 0 unspecified atom stereocenters. The third kappa shape index (κ3) is 2.41. The van der Waals surface area contributed by atoms with Crippen molar-refractivity contribution in [1.29, 1.82) is 0 Å². The number of H-pyrrole nitrogens is 2. The lowest BCUT2D eigenvalue weighted by atomic mass is 10.3. The van der Waals surface area contributed by atoms with Gasteiger partial charge in [-0.25, -0.2) is 0 Å². The molecule has 0 spiro atoms. The van der Waals surface area contributed by atoms with E-state index in [4.69, 9.17) is 4.74 Å². The summed E-state index contributed by atoms with van der Waals surface area (Å²) in [6, 6.07) is 7.14. The Kier molecular flexibility index (Phi) is 3.04. The van der Waals surface area contributed by atoms with Gasteiger partial charge in [-0.1, -0.05) is 6.07 Å². The minimum Gasteiger partial charge on any atom is -0.497 e. The predicted molar refractivity (Wildman–Crippen MR) is 63.3 cm³/mol. The van der Waals surface area contributed by atoms with Crippen LogP contribution in [0, 0.1) is 6.92 Å². The number of methoxy groups -OCH3 is 1. The first-order valence-electron chi connectivity index (χ1n) is 5.04. The highest BCUT2D eigenvalue weighted by Gasteiger charge is 2.03. The number of ether oxygens (including phenoxy) is 1. The first-order valence-corrected chi connectivity index (χ1v) is 5.04. The summed E-state index contributed by atoms with van der Waals surface area (Å²) >= 11 is 0. The predicted octanol–water partition coefficient (Wildman–Crippen LogP) is 2.44. The lowest BCUT2D eigenvalue weighted by Gasteiger charge is -1.98. The lowest BCUT2D eigenvalue weighted by Crippen LogP contribution is -1.96. The maximum absolute atomic E-state index is 11.3. The van der Waals surface area contributed by atoms with E-state index in [-0.39, 0.29) is 11.2 Å². The van der Waals surface area contributed by atoms with E-state index in [2.05, 4.69) is 20.4 Å². The van der Waals surface area contributed by atoms with Gasteiger partial charge in [0.15, 0.2) is 5.69 Å². The Morgan fingerprint density at radius 3 is 2.71 bits per heavy atom. The monoisotopic (exact) mass is 232 g/mol. The van der Waals surface area contributed by atoms with Crippen molar-refractivity contribution >= 4 is 11.4 Å². The van der Waals surface area contributed by atoms with E-state index in [0.717, 1.165) is 0 Å². The summed E-state index contributed by atoms with van der Waals surface area (Å²) < 4.78 is 5.06. The van der Waals surface area contributed by atoms with Gasteiger partial charge >= 0.3 is 0 Å². The Balaban J connectivity index is 2.29. The highest BCUT2D eigenvalue weighted by Crippen LogP contribution is 2.21. The molecule has 88 valence electrons. The number of rotatable bonds is 3. The number of benzene rings is 1. The molecule has 1 heterocycles. The molecule has 0 saturated carbocycles. The summed E-state index contributed by atoms with van der Waals surface area (Å²) in [7, 11) is 1.58. The molecular formula is C11H12N4O2. The number of aromatic amines is 2. The topological polar surface area (TPSA) is 82.6 Å². The highest BCUT2D eigenvalue weighted by atomic mass is 16.5. The van der Waals surface area contributed by atoms with Crippen molar-refractivity contribution in [3.05, 3.63) is 40.3 Å². The van der Waals surface area contributed by atoms with Crippen molar-refractivity contribution in [1.82, 2.24) is 10.2 Å². The zero-order chi connectivity index (χ0) is 12.3. The van der Waals surface area contributed by atoms with Crippen molar-refractivity contribution in [2.24, 2.45) is 10.2 Å². The smallest absolute Gasteiger partial charge is 0.291 e. The number of aromatic nitrogens is 2. The fourth-order valence-electron chi connectivity index (χ4n) is 1.34. The minimum absolute atomic E-state index is 0.283. The molecule has 1 aromatic heterocycles. The molecule has 6 nitrogen and oxygen atoms in total. The molecule has 6 heteroatoms.